The van der Waals surface area contributed by atoms with Crippen molar-refractivity contribution in [2.45, 2.75) is 58.3 Å². The average molecular weight is 544 g/mol. The zero-order valence-corrected chi connectivity index (χ0v) is 22.6. The van der Waals surface area contributed by atoms with Crippen LogP contribution in [0.25, 0.3) is 5.69 Å². The molecular formula is C28H34FN3O7. The lowest BCUT2D eigenvalue weighted by atomic mass is 10.0. The summed E-state index contributed by atoms with van der Waals surface area (Å²) in [7, 11) is 3.21. The molecule has 11 heteroatoms. The van der Waals surface area contributed by atoms with Crippen LogP contribution >= 0.6 is 0 Å². The summed E-state index contributed by atoms with van der Waals surface area (Å²) in [4.78, 5) is 37.8. The molecule has 1 heterocycles. The van der Waals surface area contributed by atoms with Gasteiger partial charge in [-0.25, -0.2) is 14.1 Å². The van der Waals surface area contributed by atoms with Crippen molar-refractivity contribution in [1.29, 1.82) is 0 Å². The van der Waals surface area contributed by atoms with Gasteiger partial charge in [-0.3, -0.25) is 9.68 Å². The second kappa shape index (κ2) is 13.2. The van der Waals surface area contributed by atoms with Crippen LogP contribution in [0.2, 0.25) is 0 Å². The highest BCUT2D eigenvalue weighted by Gasteiger charge is 2.30. The summed E-state index contributed by atoms with van der Waals surface area (Å²) in [6.45, 7) is 5.43. The first-order valence-electron chi connectivity index (χ1n) is 12.5. The fraction of sp³-hybridized carbons (Fsp3) is 0.393. The van der Waals surface area contributed by atoms with E-state index in [0.29, 0.717) is 17.0 Å². The van der Waals surface area contributed by atoms with Gasteiger partial charge in [-0.1, -0.05) is 26.0 Å². The van der Waals surface area contributed by atoms with Crippen LogP contribution in [0.15, 0.2) is 48.5 Å². The molecule has 0 unspecified atom stereocenters. The Morgan fingerprint density at radius 2 is 1.69 bits per heavy atom. The SMILES string of the molecule is COc1ccc(CN(C)C(=O)c2nn(-c3ccc(F)cc3)c(OOC(=O)C[C@H](O)C[C@H](C)O)c2C(C)C)cc1. The van der Waals surface area contributed by atoms with Crippen LogP contribution in [0.3, 0.4) is 0 Å². The molecule has 210 valence electrons. The van der Waals surface area contributed by atoms with Gasteiger partial charge in [-0.05, 0) is 61.2 Å². The lowest BCUT2D eigenvalue weighted by Gasteiger charge is -2.18. The van der Waals surface area contributed by atoms with Gasteiger partial charge < -0.3 is 19.8 Å². The number of aliphatic hydroxyl groups excluding tert-OH is 2. The van der Waals surface area contributed by atoms with Crippen molar-refractivity contribution in [2.75, 3.05) is 14.2 Å². The Morgan fingerprint density at radius 1 is 1.05 bits per heavy atom. The van der Waals surface area contributed by atoms with Gasteiger partial charge in [0.15, 0.2) is 5.69 Å². The van der Waals surface area contributed by atoms with E-state index in [1.807, 2.05) is 26.0 Å². The quantitative estimate of drug-likeness (QED) is 0.261. The van der Waals surface area contributed by atoms with E-state index in [4.69, 9.17) is 14.5 Å². The van der Waals surface area contributed by atoms with Gasteiger partial charge in [0, 0.05) is 13.6 Å². The summed E-state index contributed by atoms with van der Waals surface area (Å²) in [5.41, 5.74) is 1.70. The first-order chi connectivity index (χ1) is 18.5. The van der Waals surface area contributed by atoms with Gasteiger partial charge in [-0.15, -0.1) is 0 Å². The molecule has 0 saturated heterocycles. The van der Waals surface area contributed by atoms with Crippen LogP contribution in [-0.4, -0.2) is 63.1 Å². The first-order valence-corrected chi connectivity index (χ1v) is 12.5. The minimum Gasteiger partial charge on any atom is -0.497 e. The number of hydrogen-bond acceptors (Lipinski definition) is 8. The molecule has 3 aromatic rings. The van der Waals surface area contributed by atoms with E-state index >= 15 is 0 Å². The number of rotatable bonds is 12. The third-order valence-electron chi connectivity index (χ3n) is 5.88. The van der Waals surface area contributed by atoms with Gasteiger partial charge in [0.25, 0.3) is 11.8 Å². The summed E-state index contributed by atoms with van der Waals surface area (Å²) < 4.78 is 20.1. The number of aromatic nitrogens is 2. The third kappa shape index (κ3) is 7.78. The van der Waals surface area contributed by atoms with E-state index in [2.05, 4.69) is 5.10 Å². The van der Waals surface area contributed by atoms with Crippen LogP contribution in [0.4, 0.5) is 4.39 Å². The monoisotopic (exact) mass is 543 g/mol. The molecule has 2 atom stereocenters. The number of amides is 1. The minimum absolute atomic E-state index is 0.0148. The van der Waals surface area contributed by atoms with Crippen molar-refractivity contribution in [2.24, 2.45) is 0 Å². The molecule has 0 fully saturated rings. The van der Waals surface area contributed by atoms with Crippen molar-refractivity contribution in [3.05, 3.63) is 71.2 Å². The molecule has 0 radical (unpaired) electrons. The summed E-state index contributed by atoms with van der Waals surface area (Å²) in [5.74, 6) is -1.37. The van der Waals surface area contributed by atoms with E-state index in [0.717, 1.165) is 5.56 Å². The number of ether oxygens (including phenoxy) is 1. The topological polar surface area (TPSA) is 123 Å². The van der Waals surface area contributed by atoms with Gasteiger partial charge in [0.2, 0.25) is 0 Å². The fourth-order valence-corrected chi connectivity index (χ4v) is 3.98. The molecule has 0 aliphatic rings. The lowest BCUT2D eigenvalue weighted by Crippen LogP contribution is -2.27. The molecule has 3 rings (SSSR count). The summed E-state index contributed by atoms with van der Waals surface area (Å²) in [6.07, 6.45) is -2.36. The van der Waals surface area contributed by atoms with E-state index in [1.54, 1.807) is 26.3 Å². The van der Waals surface area contributed by atoms with E-state index in [1.165, 1.54) is 40.8 Å². The maximum atomic E-state index is 13.6. The number of aliphatic hydroxyl groups is 2. The Kier molecular flexibility index (Phi) is 10.0. The second-order valence-electron chi connectivity index (χ2n) is 9.60. The molecule has 0 saturated carbocycles. The number of nitrogens with zero attached hydrogens (tertiary/aromatic N) is 3. The zero-order valence-electron chi connectivity index (χ0n) is 22.6. The summed E-state index contributed by atoms with van der Waals surface area (Å²) >= 11 is 0. The summed E-state index contributed by atoms with van der Waals surface area (Å²) in [6, 6.07) is 12.7. The largest absolute Gasteiger partial charge is 0.497 e. The Balaban J connectivity index is 1.94. The third-order valence-corrected chi connectivity index (χ3v) is 5.88. The highest BCUT2D eigenvalue weighted by atomic mass is 19.1. The van der Waals surface area contributed by atoms with Crippen LogP contribution in [0.1, 0.15) is 61.1 Å². The number of hydrogen-bond donors (Lipinski definition) is 2. The van der Waals surface area contributed by atoms with Gasteiger partial charge in [-0.2, -0.15) is 9.78 Å². The van der Waals surface area contributed by atoms with E-state index in [-0.39, 0.29) is 30.5 Å². The molecular weight excluding hydrogens is 509 g/mol. The average Bonchev–Trinajstić information content (AvgIpc) is 3.27. The molecule has 1 aromatic heterocycles. The Morgan fingerprint density at radius 3 is 2.26 bits per heavy atom. The number of carbonyl (C=O) groups is 2. The van der Waals surface area contributed by atoms with Crippen molar-refractivity contribution >= 4 is 11.9 Å². The van der Waals surface area contributed by atoms with E-state index in [9.17, 15) is 24.2 Å². The van der Waals surface area contributed by atoms with Crippen molar-refractivity contribution in [3.63, 3.8) is 0 Å². The van der Waals surface area contributed by atoms with Crippen molar-refractivity contribution in [3.8, 4) is 17.3 Å². The predicted molar refractivity (Wildman–Crippen MR) is 140 cm³/mol. The van der Waals surface area contributed by atoms with Crippen LogP contribution in [-0.2, 0) is 16.2 Å². The normalized spacial score (nSPS) is 12.6. The molecule has 2 aromatic carbocycles. The Hall–Kier alpha value is -3.96. The molecule has 0 aliphatic carbocycles. The molecule has 39 heavy (non-hydrogen) atoms. The van der Waals surface area contributed by atoms with Gasteiger partial charge in [0.05, 0.1) is 37.0 Å². The minimum atomic E-state index is -1.13. The van der Waals surface area contributed by atoms with Crippen LogP contribution < -0.4 is 9.62 Å². The molecule has 2 N–H and O–H groups in total. The highest BCUT2D eigenvalue weighted by molar-refractivity contribution is 5.94. The molecule has 1 amide bonds. The number of benzene rings is 2. The zero-order chi connectivity index (χ0) is 28.7. The summed E-state index contributed by atoms with van der Waals surface area (Å²) in [5, 5.41) is 23.9. The maximum absolute atomic E-state index is 13.6. The standard InChI is InChI=1S/C28H34FN3O7/c1-17(2)25-26(27(36)31(4)16-19-6-12-23(37-5)13-7-19)30-32(21-10-8-20(29)9-11-21)28(25)39-38-24(35)15-22(34)14-18(3)33/h6-13,17-18,22,33-34H,14-16H2,1-5H3/t18-,22+/m0/s1. The predicted octanol–water partition coefficient (Wildman–Crippen LogP) is 3.77. The van der Waals surface area contributed by atoms with Gasteiger partial charge in [0.1, 0.15) is 11.6 Å². The second-order valence-corrected chi connectivity index (χ2v) is 9.60. The highest BCUT2D eigenvalue weighted by Crippen LogP contribution is 2.34. The molecule has 0 spiro atoms. The first kappa shape index (κ1) is 29.6. The lowest BCUT2D eigenvalue weighted by molar-refractivity contribution is -0.218. The number of carbonyl (C=O) groups excluding carboxylic acids is 2. The molecule has 0 aliphatic heterocycles. The number of halogens is 1. The van der Waals surface area contributed by atoms with Crippen LogP contribution in [0.5, 0.6) is 11.6 Å². The fourth-order valence-electron chi connectivity index (χ4n) is 3.98. The van der Waals surface area contributed by atoms with Crippen molar-refractivity contribution in [1.82, 2.24) is 14.7 Å². The maximum Gasteiger partial charge on any atom is 0.358 e. The Bertz CT molecular complexity index is 1260. The number of methoxy groups -OCH3 is 1. The molecule has 0 bridgehead atoms. The van der Waals surface area contributed by atoms with Crippen molar-refractivity contribution < 1.29 is 38.7 Å². The smallest absolute Gasteiger partial charge is 0.358 e. The van der Waals surface area contributed by atoms with Crippen LogP contribution in [0, 0.1) is 5.82 Å². The molecule has 10 nitrogen and oxygen atoms in total. The van der Waals surface area contributed by atoms with E-state index < -0.39 is 36.3 Å². The Labute approximate surface area is 226 Å². The van der Waals surface area contributed by atoms with Gasteiger partial charge >= 0.3 is 5.97 Å².